The molecule has 0 aromatic carbocycles. The lowest BCUT2D eigenvalue weighted by atomic mass is 9.60. The maximum absolute atomic E-state index is 12.7. The van der Waals surface area contributed by atoms with Crippen molar-refractivity contribution in [3.05, 3.63) is 17.5 Å². The van der Waals surface area contributed by atoms with Crippen LogP contribution in [-0.4, -0.2) is 29.1 Å². The topological polar surface area (TPSA) is 46.3 Å². The predicted octanol–water partition coefficient (Wildman–Crippen LogP) is 2.75. The standard InChI is InChI=1S/C16H22N2O2/c1-2-15-12(7-17-20-15)16(19)18-8-13-10-3-4-11(6-5-10)14(13)9-18/h7,10-11,13-14H,2-6,8-9H2,1H3/t10?,11?,13-,14+. The van der Waals surface area contributed by atoms with Crippen molar-refractivity contribution < 1.29 is 9.32 Å². The molecule has 3 saturated carbocycles. The molecule has 20 heavy (non-hydrogen) atoms. The zero-order valence-corrected chi connectivity index (χ0v) is 12.0. The molecule has 2 bridgehead atoms. The highest BCUT2D eigenvalue weighted by Gasteiger charge is 2.49. The lowest BCUT2D eigenvalue weighted by Gasteiger charge is -2.44. The van der Waals surface area contributed by atoms with Gasteiger partial charge in [-0.3, -0.25) is 4.79 Å². The Balaban J connectivity index is 1.55. The van der Waals surface area contributed by atoms with Gasteiger partial charge in [0.2, 0.25) is 0 Å². The summed E-state index contributed by atoms with van der Waals surface area (Å²) >= 11 is 0. The van der Waals surface area contributed by atoms with Crippen molar-refractivity contribution in [2.45, 2.75) is 39.0 Å². The molecule has 0 unspecified atom stereocenters. The quantitative estimate of drug-likeness (QED) is 0.833. The molecule has 1 aromatic heterocycles. The van der Waals surface area contributed by atoms with Gasteiger partial charge in [-0.25, -0.2) is 0 Å². The van der Waals surface area contributed by atoms with E-state index in [4.69, 9.17) is 4.52 Å². The van der Waals surface area contributed by atoms with E-state index in [-0.39, 0.29) is 5.91 Å². The van der Waals surface area contributed by atoms with Crippen molar-refractivity contribution >= 4 is 5.91 Å². The van der Waals surface area contributed by atoms with Crippen LogP contribution in [0.2, 0.25) is 0 Å². The Morgan fingerprint density at radius 3 is 2.40 bits per heavy atom. The van der Waals surface area contributed by atoms with E-state index < -0.39 is 0 Å². The summed E-state index contributed by atoms with van der Waals surface area (Å²) in [4.78, 5) is 14.8. The molecule has 108 valence electrons. The first-order valence-corrected chi connectivity index (χ1v) is 8.00. The Morgan fingerprint density at radius 2 is 1.85 bits per heavy atom. The van der Waals surface area contributed by atoms with Gasteiger partial charge >= 0.3 is 0 Å². The van der Waals surface area contributed by atoms with Crippen LogP contribution in [0.1, 0.15) is 48.7 Å². The van der Waals surface area contributed by atoms with Crippen molar-refractivity contribution in [3.8, 4) is 0 Å². The summed E-state index contributed by atoms with van der Waals surface area (Å²) in [6.45, 7) is 3.92. The summed E-state index contributed by atoms with van der Waals surface area (Å²) in [6, 6.07) is 0. The Bertz CT molecular complexity index is 496. The van der Waals surface area contributed by atoms with E-state index in [1.54, 1.807) is 6.20 Å². The van der Waals surface area contributed by atoms with Gasteiger partial charge in [-0.15, -0.1) is 0 Å². The Labute approximate surface area is 119 Å². The summed E-state index contributed by atoms with van der Waals surface area (Å²) < 4.78 is 5.17. The molecular weight excluding hydrogens is 252 g/mol. The molecule has 0 radical (unpaired) electrons. The zero-order valence-electron chi connectivity index (χ0n) is 12.0. The average molecular weight is 274 g/mol. The number of hydrogen-bond acceptors (Lipinski definition) is 3. The molecule has 3 aliphatic carbocycles. The second-order valence-corrected chi connectivity index (χ2v) is 6.73. The highest BCUT2D eigenvalue weighted by molar-refractivity contribution is 5.95. The minimum absolute atomic E-state index is 0.136. The number of aryl methyl sites for hydroxylation is 1. The second-order valence-electron chi connectivity index (χ2n) is 6.73. The molecule has 4 aliphatic rings. The smallest absolute Gasteiger partial charge is 0.259 e. The van der Waals surface area contributed by atoms with Crippen molar-refractivity contribution in [1.29, 1.82) is 0 Å². The third-order valence-electron chi connectivity index (χ3n) is 5.92. The molecule has 2 heterocycles. The third kappa shape index (κ3) is 1.73. The summed E-state index contributed by atoms with van der Waals surface area (Å²) in [7, 11) is 0. The first-order valence-electron chi connectivity index (χ1n) is 8.00. The first kappa shape index (κ1) is 12.4. The minimum Gasteiger partial charge on any atom is -0.361 e. The summed E-state index contributed by atoms with van der Waals surface area (Å²) in [5.41, 5.74) is 0.679. The number of aromatic nitrogens is 1. The van der Waals surface area contributed by atoms with Gasteiger partial charge in [0.1, 0.15) is 11.3 Å². The van der Waals surface area contributed by atoms with Crippen LogP contribution >= 0.6 is 0 Å². The van der Waals surface area contributed by atoms with Gasteiger partial charge < -0.3 is 9.42 Å². The molecule has 0 N–H and O–H groups in total. The fraction of sp³-hybridized carbons (Fsp3) is 0.750. The van der Waals surface area contributed by atoms with E-state index in [2.05, 4.69) is 10.1 Å². The number of likely N-dealkylation sites (tertiary alicyclic amines) is 1. The molecule has 0 spiro atoms. The van der Waals surface area contributed by atoms with E-state index in [1.165, 1.54) is 25.7 Å². The predicted molar refractivity (Wildman–Crippen MR) is 74.2 cm³/mol. The van der Waals surface area contributed by atoms with Crippen LogP contribution in [-0.2, 0) is 6.42 Å². The van der Waals surface area contributed by atoms with E-state index >= 15 is 0 Å². The van der Waals surface area contributed by atoms with Crippen LogP contribution in [0, 0.1) is 23.7 Å². The summed E-state index contributed by atoms with van der Waals surface area (Å²) in [6.07, 6.45) is 7.89. The zero-order chi connectivity index (χ0) is 13.7. The molecule has 1 aromatic rings. The van der Waals surface area contributed by atoms with Gasteiger partial charge in [0.15, 0.2) is 0 Å². The van der Waals surface area contributed by atoms with Gasteiger partial charge in [0, 0.05) is 19.5 Å². The van der Waals surface area contributed by atoms with Gasteiger partial charge in [0.25, 0.3) is 5.91 Å². The van der Waals surface area contributed by atoms with Crippen molar-refractivity contribution in [1.82, 2.24) is 10.1 Å². The lowest BCUT2D eigenvalue weighted by Crippen LogP contribution is -2.38. The molecule has 4 nitrogen and oxygen atoms in total. The van der Waals surface area contributed by atoms with E-state index in [1.807, 2.05) is 6.92 Å². The monoisotopic (exact) mass is 274 g/mol. The number of fused-ring (bicyclic) bond motifs is 2. The van der Waals surface area contributed by atoms with Crippen molar-refractivity contribution in [3.63, 3.8) is 0 Å². The van der Waals surface area contributed by atoms with Crippen LogP contribution in [0.4, 0.5) is 0 Å². The van der Waals surface area contributed by atoms with Gasteiger partial charge in [-0.2, -0.15) is 0 Å². The Hall–Kier alpha value is -1.32. The molecule has 1 amide bonds. The van der Waals surface area contributed by atoms with E-state index in [9.17, 15) is 4.79 Å². The Morgan fingerprint density at radius 1 is 1.25 bits per heavy atom. The molecule has 1 aliphatic heterocycles. The van der Waals surface area contributed by atoms with Crippen LogP contribution in [0.5, 0.6) is 0 Å². The summed E-state index contributed by atoms with van der Waals surface area (Å²) in [5.74, 6) is 4.13. The number of rotatable bonds is 2. The molecule has 1 saturated heterocycles. The average Bonchev–Trinajstić information content (AvgIpc) is 3.15. The van der Waals surface area contributed by atoms with Crippen LogP contribution in [0.15, 0.2) is 10.7 Å². The fourth-order valence-electron chi connectivity index (χ4n) is 4.88. The lowest BCUT2D eigenvalue weighted by molar-refractivity contribution is 0.0577. The number of amides is 1. The molecule has 4 heteroatoms. The largest absolute Gasteiger partial charge is 0.361 e. The maximum atomic E-state index is 12.7. The fourth-order valence-corrected chi connectivity index (χ4v) is 4.88. The van der Waals surface area contributed by atoms with Crippen LogP contribution in [0.3, 0.4) is 0 Å². The normalized spacial score (nSPS) is 35.4. The van der Waals surface area contributed by atoms with E-state index in [0.717, 1.165) is 48.9 Å². The van der Waals surface area contributed by atoms with Crippen LogP contribution < -0.4 is 0 Å². The number of carbonyl (C=O) groups is 1. The number of nitrogens with zero attached hydrogens (tertiary/aromatic N) is 2. The first-order chi connectivity index (χ1) is 9.78. The van der Waals surface area contributed by atoms with Crippen LogP contribution in [0.25, 0.3) is 0 Å². The van der Waals surface area contributed by atoms with Gasteiger partial charge in [0.05, 0.1) is 6.20 Å². The number of hydrogen-bond donors (Lipinski definition) is 0. The highest BCUT2D eigenvalue weighted by Crippen LogP contribution is 2.51. The highest BCUT2D eigenvalue weighted by atomic mass is 16.5. The second kappa shape index (κ2) is 4.61. The molecule has 4 fully saturated rings. The SMILES string of the molecule is CCc1oncc1C(=O)N1C[C@@H]2C3CCC(CC3)[C@@H]2C1. The van der Waals surface area contributed by atoms with E-state index in [0.29, 0.717) is 5.56 Å². The minimum atomic E-state index is 0.136. The molecular formula is C16H22N2O2. The van der Waals surface area contributed by atoms with Crippen molar-refractivity contribution in [2.75, 3.05) is 13.1 Å². The Kier molecular flexibility index (Phi) is 2.86. The summed E-state index contributed by atoms with van der Waals surface area (Å²) in [5, 5.41) is 3.80. The molecule has 5 rings (SSSR count). The number of carbonyl (C=O) groups excluding carboxylic acids is 1. The van der Waals surface area contributed by atoms with Gasteiger partial charge in [-0.05, 0) is 49.4 Å². The van der Waals surface area contributed by atoms with Gasteiger partial charge in [-0.1, -0.05) is 12.1 Å². The van der Waals surface area contributed by atoms with Crippen molar-refractivity contribution in [2.24, 2.45) is 23.7 Å². The maximum Gasteiger partial charge on any atom is 0.259 e. The third-order valence-corrected chi connectivity index (χ3v) is 5.92. The molecule has 2 atom stereocenters.